The number of rotatable bonds is 4. The first-order chi connectivity index (χ1) is 4.63. The number of amides is 1. The van der Waals surface area contributed by atoms with Gasteiger partial charge < -0.3 is 11.1 Å². The minimum absolute atomic E-state index is 0.0113. The molecule has 0 heterocycles. The summed E-state index contributed by atoms with van der Waals surface area (Å²) in [5.41, 5.74) is 5.48. The van der Waals surface area contributed by atoms with Crippen molar-refractivity contribution in [1.82, 2.24) is 5.32 Å². The molecule has 10 heavy (non-hydrogen) atoms. The van der Waals surface area contributed by atoms with Crippen molar-refractivity contribution < 1.29 is 4.79 Å². The number of hydrogen-bond acceptors (Lipinski definition) is 3. The van der Waals surface area contributed by atoms with Crippen LogP contribution >= 0.6 is 11.8 Å². The molecule has 1 atom stereocenters. The molecular weight excluding hydrogens is 148 g/mol. The van der Waals surface area contributed by atoms with E-state index in [1.54, 1.807) is 11.8 Å². The number of carbonyl (C=O) groups is 1. The smallest absolute Gasteiger partial charge is 0.217 e. The number of hydrogen-bond donors (Lipinski definition) is 2. The normalized spacial score (nSPS) is 12.7. The van der Waals surface area contributed by atoms with E-state index in [2.05, 4.69) is 5.32 Å². The Bertz CT molecular complexity index is 106. The van der Waals surface area contributed by atoms with Gasteiger partial charge in [-0.1, -0.05) is 0 Å². The number of nitrogens with one attached hydrogen (secondary N) is 1. The van der Waals surface area contributed by atoms with E-state index >= 15 is 0 Å². The van der Waals surface area contributed by atoms with Gasteiger partial charge in [0.2, 0.25) is 5.91 Å². The van der Waals surface area contributed by atoms with Crippen molar-refractivity contribution in [2.24, 2.45) is 5.73 Å². The SMILES string of the molecule is CC(=O)NCSC[C@H](C)N. The Morgan fingerprint density at radius 3 is 2.80 bits per heavy atom. The van der Waals surface area contributed by atoms with Crippen LogP contribution in [0.2, 0.25) is 0 Å². The van der Waals surface area contributed by atoms with Crippen LogP contribution in [0.15, 0.2) is 0 Å². The third-order valence-electron chi connectivity index (χ3n) is 0.804. The summed E-state index contributed by atoms with van der Waals surface area (Å²) in [6, 6.07) is 0.207. The lowest BCUT2D eigenvalue weighted by atomic mass is 10.4. The van der Waals surface area contributed by atoms with Crippen molar-refractivity contribution in [3.8, 4) is 0 Å². The van der Waals surface area contributed by atoms with Gasteiger partial charge in [0.15, 0.2) is 0 Å². The van der Waals surface area contributed by atoms with Gasteiger partial charge in [0, 0.05) is 18.7 Å². The van der Waals surface area contributed by atoms with Crippen molar-refractivity contribution >= 4 is 17.7 Å². The Balaban J connectivity index is 2.98. The topological polar surface area (TPSA) is 55.1 Å². The highest BCUT2D eigenvalue weighted by atomic mass is 32.2. The molecule has 0 aromatic heterocycles. The van der Waals surface area contributed by atoms with E-state index in [4.69, 9.17) is 5.73 Å². The molecule has 0 rings (SSSR count). The van der Waals surface area contributed by atoms with Crippen LogP contribution in [0, 0.1) is 0 Å². The van der Waals surface area contributed by atoms with E-state index in [-0.39, 0.29) is 11.9 Å². The minimum atomic E-state index is 0.0113. The maximum atomic E-state index is 10.3. The van der Waals surface area contributed by atoms with E-state index < -0.39 is 0 Å². The quantitative estimate of drug-likeness (QED) is 0.457. The van der Waals surface area contributed by atoms with Crippen molar-refractivity contribution in [3.63, 3.8) is 0 Å². The first kappa shape index (κ1) is 9.78. The van der Waals surface area contributed by atoms with Crippen molar-refractivity contribution in [3.05, 3.63) is 0 Å². The summed E-state index contributed by atoms with van der Waals surface area (Å²) in [7, 11) is 0. The summed E-state index contributed by atoms with van der Waals surface area (Å²) in [5, 5.41) is 2.67. The van der Waals surface area contributed by atoms with Crippen LogP contribution in [0.3, 0.4) is 0 Å². The third-order valence-corrected chi connectivity index (χ3v) is 1.91. The van der Waals surface area contributed by atoms with Gasteiger partial charge in [-0.15, -0.1) is 11.8 Å². The fourth-order valence-electron chi connectivity index (χ4n) is 0.397. The fraction of sp³-hybridized carbons (Fsp3) is 0.833. The van der Waals surface area contributed by atoms with Gasteiger partial charge in [0.1, 0.15) is 0 Å². The van der Waals surface area contributed by atoms with Gasteiger partial charge in [-0.3, -0.25) is 4.79 Å². The Hall–Kier alpha value is -0.220. The summed E-state index contributed by atoms with van der Waals surface area (Å²) in [5.74, 6) is 1.56. The molecule has 0 fully saturated rings. The Morgan fingerprint density at radius 2 is 2.40 bits per heavy atom. The molecule has 0 saturated heterocycles. The molecule has 0 aromatic carbocycles. The van der Waals surface area contributed by atoms with E-state index in [1.807, 2.05) is 6.92 Å². The molecule has 0 bridgehead atoms. The largest absolute Gasteiger partial charge is 0.347 e. The van der Waals surface area contributed by atoms with Crippen LogP contribution in [0.4, 0.5) is 0 Å². The maximum absolute atomic E-state index is 10.3. The second kappa shape index (κ2) is 5.56. The summed E-state index contributed by atoms with van der Waals surface area (Å²) in [6.45, 7) is 3.45. The molecule has 4 heteroatoms. The predicted molar refractivity (Wildman–Crippen MR) is 44.8 cm³/mol. The number of thioether (sulfide) groups is 1. The highest BCUT2D eigenvalue weighted by Crippen LogP contribution is 1.97. The van der Waals surface area contributed by atoms with Gasteiger partial charge in [0.05, 0.1) is 5.88 Å². The fourth-order valence-corrected chi connectivity index (χ4v) is 1.19. The summed E-state index contributed by atoms with van der Waals surface area (Å²) >= 11 is 1.63. The zero-order valence-electron chi connectivity index (χ0n) is 6.39. The molecule has 0 aromatic rings. The molecule has 0 radical (unpaired) electrons. The molecule has 0 aliphatic rings. The molecule has 3 nitrogen and oxygen atoms in total. The average molecular weight is 162 g/mol. The summed E-state index contributed by atoms with van der Waals surface area (Å²) < 4.78 is 0. The van der Waals surface area contributed by atoms with E-state index in [0.717, 1.165) is 5.75 Å². The van der Waals surface area contributed by atoms with Crippen LogP contribution < -0.4 is 11.1 Å². The molecule has 0 spiro atoms. The Labute approximate surface area is 65.7 Å². The zero-order chi connectivity index (χ0) is 7.98. The lowest BCUT2D eigenvalue weighted by Crippen LogP contribution is -2.23. The molecular formula is C6H14N2OS. The lowest BCUT2D eigenvalue weighted by Gasteiger charge is -2.03. The molecule has 0 saturated carbocycles. The minimum Gasteiger partial charge on any atom is -0.347 e. The van der Waals surface area contributed by atoms with Gasteiger partial charge in [-0.05, 0) is 6.92 Å². The predicted octanol–water partition coefficient (Wildman–Crippen LogP) is 0.160. The molecule has 60 valence electrons. The molecule has 0 aliphatic heterocycles. The molecule has 0 unspecified atom stereocenters. The van der Waals surface area contributed by atoms with Gasteiger partial charge in [0.25, 0.3) is 0 Å². The second-order valence-corrected chi connectivity index (χ2v) is 3.26. The first-order valence-electron chi connectivity index (χ1n) is 3.20. The molecule has 1 amide bonds. The Kier molecular flexibility index (Phi) is 5.43. The zero-order valence-corrected chi connectivity index (χ0v) is 7.20. The van der Waals surface area contributed by atoms with Gasteiger partial charge in [-0.2, -0.15) is 0 Å². The third kappa shape index (κ3) is 7.78. The Morgan fingerprint density at radius 1 is 1.80 bits per heavy atom. The second-order valence-electron chi connectivity index (χ2n) is 2.23. The van der Waals surface area contributed by atoms with Gasteiger partial charge in [-0.25, -0.2) is 0 Å². The van der Waals surface area contributed by atoms with Crippen molar-refractivity contribution in [1.29, 1.82) is 0 Å². The maximum Gasteiger partial charge on any atom is 0.217 e. The van der Waals surface area contributed by atoms with Gasteiger partial charge >= 0.3 is 0 Å². The highest BCUT2D eigenvalue weighted by Gasteiger charge is 1.94. The van der Waals surface area contributed by atoms with Crippen molar-refractivity contribution in [2.75, 3.05) is 11.6 Å². The average Bonchev–Trinajstić information content (AvgIpc) is 1.79. The summed E-state index contributed by atoms with van der Waals surface area (Å²) in [6.07, 6.45) is 0. The van der Waals surface area contributed by atoms with Crippen LogP contribution in [-0.2, 0) is 4.79 Å². The highest BCUT2D eigenvalue weighted by molar-refractivity contribution is 7.99. The van der Waals surface area contributed by atoms with E-state index in [0.29, 0.717) is 5.88 Å². The van der Waals surface area contributed by atoms with Crippen LogP contribution in [0.5, 0.6) is 0 Å². The summed E-state index contributed by atoms with van der Waals surface area (Å²) in [4.78, 5) is 10.3. The first-order valence-corrected chi connectivity index (χ1v) is 4.36. The van der Waals surface area contributed by atoms with E-state index in [9.17, 15) is 4.79 Å². The van der Waals surface area contributed by atoms with Crippen LogP contribution in [0.25, 0.3) is 0 Å². The molecule has 0 aliphatic carbocycles. The monoisotopic (exact) mass is 162 g/mol. The number of carbonyl (C=O) groups excluding carboxylic acids is 1. The molecule has 3 N–H and O–H groups in total. The van der Waals surface area contributed by atoms with Crippen LogP contribution in [-0.4, -0.2) is 23.6 Å². The lowest BCUT2D eigenvalue weighted by molar-refractivity contribution is -0.118. The standard InChI is InChI=1S/C6H14N2OS/c1-5(7)3-10-4-8-6(2)9/h5H,3-4,7H2,1-2H3,(H,8,9)/t5-/m0/s1. The van der Waals surface area contributed by atoms with Crippen molar-refractivity contribution in [2.45, 2.75) is 19.9 Å². The van der Waals surface area contributed by atoms with Crippen LogP contribution in [0.1, 0.15) is 13.8 Å². The van der Waals surface area contributed by atoms with E-state index in [1.165, 1.54) is 6.92 Å². The number of nitrogens with two attached hydrogens (primary N) is 1.